The molecule has 0 atom stereocenters. The molecule has 35 heavy (non-hydrogen) atoms. The second-order valence-corrected chi connectivity index (χ2v) is 10.9. The van der Waals surface area contributed by atoms with Crippen molar-refractivity contribution in [1.82, 2.24) is 4.98 Å². The van der Waals surface area contributed by atoms with Crippen molar-refractivity contribution < 1.29 is 12.8 Å². The monoisotopic (exact) mass is 489 g/mol. The van der Waals surface area contributed by atoms with Crippen LogP contribution in [0.5, 0.6) is 0 Å². The standard InChI is InChI=1S/C28H28FN3O2S/c1-3-21-5-11-24(12-6-21)35(33,34)27-19-30-26-13-4-20(2)18-25(26)28(27)32-16-14-31(15-17-32)23-9-7-22(29)8-10-23/h4-13,18-19H,3,14-17H2,1-2H3. The second-order valence-electron chi connectivity index (χ2n) is 8.94. The Morgan fingerprint density at radius 2 is 1.54 bits per heavy atom. The van der Waals surface area contributed by atoms with Gasteiger partial charge in [-0.25, -0.2) is 12.8 Å². The highest BCUT2D eigenvalue weighted by Crippen LogP contribution is 2.37. The van der Waals surface area contributed by atoms with E-state index in [-0.39, 0.29) is 15.6 Å². The highest BCUT2D eigenvalue weighted by Gasteiger charge is 2.29. The normalized spacial score (nSPS) is 14.5. The van der Waals surface area contributed by atoms with Crippen LogP contribution in [0, 0.1) is 12.7 Å². The van der Waals surface area contributed by atoms with Crippen LogP contribution >= 0.6 is 0 Å². The number of pyridine rings is 1. The van der Waals surface area contributed by atoms with Crippen molar-refractivity contribution >= 4 is 32.1 Å². The Hall–Kier alpha value is -3.45. The van der Waals surface area contributed by atoms with Gasteiger partial charge in [-0.2, -0.15) is 0 Å². The number of anilines is 2. The van der Waals surface area contributed by atoms with Crippen LogP contribution in [0.3, 0.4) is 0 Å². The predicted molar refractivity (Wildman–Crippen MR) is 139 cm³/mol. The summed E-state index contributed by atoms with van der Waals surface area (Å²) in [6.45, 7) is 6.73. The minimum Gasteiger partial charge on any atom is -0.368 e. The van der Waals surface area contributed by atoms with Crippen LogP contribution in [0.15, 0.2) is 82.7 Å². The maximum absolute atomic E-state index is 13.8. The van der Waals surface area contributed by atoms with E-state index in [1.165, 1.54) is 18.3 Å². The Bertz CT molecular complexity index is 1460. The van der Waals surface area contributed by atoms with Crippen molar-refractivity contribution in [2.45, 2.75) is 30.1 Å². The Labute approximate surface area is 205 Å². The van der Waals surface area contributed by atoms with Gasteiger partial charge in [-0.05, 0) is 67.4 Å². The third-order valence-electron chi connectivity index (χ3n) is 6.68. The molecule has 0 N–H and O–H groups in total. The number of hydrogen-bond donors (Lipinski definition) is 0. The SMILES string of the molecule is CCc1ccc(S(=O)(=O)c2cnc3ccc(C)cc3c2N2CCN(c3ccc(F)cc3)CC2)cc1. The lowest BCUT2D eigenvalue weighted by molar-refractivity contribution is 0.593. The van der Waals surface area contributed by atoms with Crippen molar-refractivity contribution in [3.8, 4) is 0 Å². The van der Waals surface area contributed by atoms with Gasteiger partial charge >= 0.3 is 0 Å². The number of rotatable bonds is 5. The molecule has 1 aromatic heterocycles. The number of piperazine rings is 1. The van der Waals surface area contributed by atoms with Gasteiger partial charge in [0, 0.05) is 43.4 Å². The van der Waals surface area contributed by atoms with E-state index in [1.54, 1.807) is 24.3 Å². The van der Waals surface area contributed by atoms with Gasteiger partial charge in [0.15, 0.2) is 0 Å². The molecule has 0 bridgehead atoms. The van der Waals surface area contributed by atoms with E-state index in [1.807, 2.05) is 44.2 Å². The number of benzene rings is 3. The molecular weight excluding hydrogens is 461 g/mol. The van der Waals surface area contributed by atoms with Crippen LogP contribution in [0.2, 0.25) is 0 Å². The maximum Gasteiger partial charge on any atom is 0.210 e. The summed E-state index contributed by atoms with van der Waals surface area (Å²) in [6.07, 6.45) is 2.35. The van der Waals surface area contributed by atoms with E-state index in [2.05, 4.69) is 14.8 Å². The van der Waals surface area contributed by atoms with E-state index in [0.717, 1.165) is 34.1 Å². The fraction of sp³-hybridized carbons (Fsp3) is 0.250. The predicted octanol–water partition coefficient (Wildman–Crippen LogP) is 5.40. The third kappa shape index (κ3) is 4.48. The average molecular weight is 490 g/mol. The molecule has 0 unspecified atom stereocenters. The lowest BCUT2D eigenvalue weighted by Gasteiger charge is -2.38. The number of sulfone groups is 1. The number of aryl methyl sites for hydroxylation is 2. The largest absolute Gasteiger partial charge is 0.368 e. The molecule has 0 aliphatic carbocycles. The van der Waals surface area contributed by atoms with E-state index in [9.17, 15) is 12.8 Å². The smallest absolute Gasteiger partial charge is 0.210 e. The van der Waals surface area contributed by atoms with Crippen molar-refractivity contribution in [3.63, 3.8) is 0 Å². The number of nitrogens with zero attached hydrogens (tertiary/aromatic N) is 3. The first-order valence-corrected chi connectivity index (χ1v) is 13.3. The summed E-state index contributed by atoms with van der Waals surface area (Å²) >= 11 is 0. The van der Waals surface area contributed by atoms with Gasteiger partial charge < -0.3 is 9.80 Å². The zero-order valence-corrected chi connectivity index (χ0v) is 20.7. The number of halogens is 1. The summed E-state index contributed by atoms with van der Waals surface area (Å²) in [5.74, 6) is -0.257. The molecule has 7 heteroatoms. The van der Waals surface area contributed by atoms with Crippen molar-refractivity contribution in [1.29, 1.82) is 0 Å². The molecule has 180 valence electrons. The molecule has 1 aliphatic heterocycles. The first kappa shape index (κ1) is 23.3. The van der Waals surface area contributed by atoms with E-state index in [4.69, 9.17) is 0 Å². The van der Waals surface area contributed by atoms with Crippen LogP contribution < -0.4 is 9.80 Å². The highest BCUT2D eigenvalue weighted by molar-refractivity contribution is 7.91. The van der Waals surface area contributed by atoms with Gasteiger partial charge in [-0.1, -0.05) is 30.7 Å². The summed E-state index contributed by atoms with van der Waals surface area (Å²) in [4.78, 5) is 9.37. The number of fused-ring (bicyclic) bond motifs is 1. The van der Waals surface area contributed by atoms with Crippen molar-refractivity contribution in [3.05, 3.63) is 89.9 Å². The topological polar surface area (TPSA) is 53.5 Å². The molecule has 1 saturated heterocycles. The van der Waals surface area contributed by atoms with Gasteiger partial charge in [0.2, 0.25) is 9.84 Å². The summed E-state index contributed by atoms with van der Waals surface area (Å²) in [6, 6.07) is 19.6. The molecule has 0 amide bonds. The Kier molecular flexibility index (Phi) is 6.19. The van der Waals surface area contributed by atoms with Crippen molar-refractivity contribution in [2.75, 3.05) is 36.0 Å². The van der Waals surface area contributed by atoms with Crippen molar-refractivity contribution in [2.24, 2.45) is 0 Å². The quantitative estimate of drug-likeness (QED) is 0.376. The van der Waals surface area contributed by atoms with Gasteiger partial charge in [0.05, 0.1) is 16.1 Å². The molecule has 2 heterocycles. The summed E-state index contributed by atoms with van der Waals surface area (Å²) in [5, 5.41) is 0.839. The maximum atomic E-state index is 13.8. The summed E-state index contributed by atoms with van der Waals surface area (Å²) in [5.41, 5.74) is 4.58. The minimum atomic E-state index is -3.78. The Morgan fingerprint density at radius 3 is 2.20 bits per heavy atom. The second kappa shape index (κ2) is 9.30. The molecule has 4 aromatic rings. The first-order chi connectivity index (χ1) is 16.9. The third-order valence-corrected chi connectivity index (χ3v) is 8.45. The fourth-order valence-corrected chi connectivity index (χ4v) is 6.10. The molecule has 0 saturated carbocycles. The fourth-order valence-electron chi connectivity index (χ4n) is 4.67. The minimum absolute atomic E-state index is 0.232. The number of aromatic nitrogens is 1. The van der Waals surface area contributed by atoms with Crippen LogP contribution in [0.1, 0.15) is 18.1 Å². The van der Waals surface area contributed by atoms with Gasteiger partial charge in [-0.3, -0.25) is 4.98 Å². The zero-order valence-electron chi connectivity index (χ0n) is 19.9. The summed E-state index contributed by atoms with van der Waals surface area (Å²) in [7, 11) is -3.78. The van der Waals surface area contributed by atoms with Crippen LogP contribution in [0.25, 0.3) is 10.9 Å². The Morgan fingerprint density at radius 1 is 0.886 bits per heavy atom. The van der Waals surface area contributed by atoms with Crippen LogP contribution in [-0.4, -0.2) is 39.6 Å². The van der Waals surface area contributed by atoms with E-state index in [0.29, 0.717) is 31.9 Å². The number of hydrogen-bond acceptors (Lipinski definition) is 5. The molecule has 0 radical (unpaired) electrons. The lowest BCUT2D eigenvalue weighted by Crippen LogP contribution is -2.47. The molecule has 5 nitrogen and oxygen atoms in total. The van der Waals surface area contributed by atoms with Crippen LogP contribution in [0.4, 0.5) is 15.8 Å². The highest BCUT2D eigenvalue weighted by atomic mass is 32.2. The zero-order chi connectivity index (χ0) is 24.6. The van der Waals surface area contributed by atoms with Crippen LogP contribution in [-0.2, 0) is 16.3 Å². The molecule has 1 fully saturated rings. The molecule has 1 aliphatic rings. The van der Waals surface area contributed by atoms with E-state index < -0.39 is 9.84 Å². The van der Waals surface area contributed by atoms with Gasteiger partial charge in [0.25, 0.3) is 0 Å². The Balaban J connectivity index is 1.56. The van der Waals surface area contributed by atoms with Gasteiger partial charge in [0.1, 0.15) is 10.7 Å². The first-order valence-electron chi connectivity index (χ1n) is 11.9. The molecule has 3 aromatic carbocycles. The summed E-state index contributed by atoms with van der Waals surface area (Å²) < 4.78 is 41.0. The lowest BCUT2D eigenvalue weighted by atomic mass is 10.1. The molecule has 0 spiro atoms. The molecule has 5 rings (SSSR count). The van der Waals surface area contributed by atoms with Gasteiger partial charge in [-0.15, -0.1) is 0 Å². The molecular formula is C28H28FN3O2S. The van der Waals surface area contributed by atoms with E-state index >= 15 is 0 Å². The average Bonchev–Trinajstić information content (AvgIpc) is 2.88.